The van der Waals surface area contributed by atoms with Gasteiger partial charge in [-0.3, -0.25) is 0 Å². The maximum atomic E-state index is 5.91. The highest BCUT2D eigenvalue weighted by atomic mass is 14.6. The standard InChI is InChI=1S/C9H17N/c1-3-8-5-4-7(2)6-9(8)10/h5,7,9H,3-4,6,10H2,1-2H3. The van der Waals surface area contributed by atoms with E-state index in [1.54, 1.807) is 0 Å². The van der Waals surface area contributed by atoms with Gasteiger partial charge in [-0.05, 0) is 25.2 Å². The zero-order chi connectivity index (χ0) is 7.56. The molecule has 0 aromatic heterocycles. The van der Waals surface area contributed by atoms with Crippen molar-refractivity contribution < 1.29 is 0 Å². The molecule has 1 aliphatic carbocycles. The maximum absolute atomic E-state index is 5.91. The SMILES string of the molecule is CCC1=CCC(C)CC1N. The summed E-state index contributed by atoms with van der Waals surface area (Å²) in [5.41, 5.74) is 7.37. The van der Waals surface area contributed by atoms with Crippen molar-refractivity contribution in [1.29, 1.82) is 0 Å². The van der Waals surface area contributed by atoms with Gasteiger partial charge in [0.05, 0.1) is 0 Å². The van der Waals surface area contributed by atoms with Gasteiger partial charge < -0.3 is 5.73 Å². The molecule has 0 radical (unpaired) electrons. The Morgan fingerprint density at radius 1 is 1.70 bits per heavy atom. The molecule has 0 aromatic carbocycles. The summed E-state index contributed by atoms with van der Waals surface area (Å²) < 4.78 is 0. The second-order valence-corrected chi connectivity index (χ2v) is 3.32. The Morgan fingerprint density at radius 2 is 2.40 bits per heavy atom. The van der Waals surface area contributed by atoms with Crippen LogP contribution in [0.2, 0.25) is 0 Å². The molecule has 1 rings (SSSR count). The molecule has 0 heterocycles. The molecule has 2 N–H and O–H groups in total. The molecule has 1 aliphatic rings. The quantitative estimate of drug-likeness (QED) is 0.553. The van der Waals surface area contributed by atoms with E-state index in [-0.39, 0.29) is 0 Å². The highest BCUT2D eigenvalue weighted by Crippen LogP contribution is 2.23. The van der Waals surface area contributed by atoms with Gasteiger partial charge in [0.2, 0.25) is 0 Å². The minimum atomic E-state index is 0.355. The summed E-state index contributed by atoms with van der Waals surface area (Å²) in [5.74, 6) is 0.797. The van der Waals surface area contributed by atoms with Crippen LogP contribution < -0.4 is 5.73 Å². The molecular formula is C9H17N. The van der Waals surface area contributed by atoms with E-state index in [2.05, 4.69) is 19.9 Å². The molecule has 0 aromatic rings. The van der Waals surface area contributed by atoms with E-state index in [0.717, 1.165) is 12.3 Å². The van der Waals surface area contributed by atoms with Gasteiger partial charge >= 0.3 is 0 Å². The Balaban J connectivity index is 2.57. The predicted octanol–water partition coefficient (Wildman–Crippen LogP) is 2.08. The van der Waals surface area contributed by atoms with Gasteiger partial charge in [-0.15, -0.1) is 0 Å². The van der Waals surface area contributed by atoms with Gasteiger partial charge in [-0.25, -0.2) is 0 Å². The number of allylic oxidation sites excluding steroid dienone is 1. The van der Waals surface area contributed by atoms with Crippen LogP contribution in [0.4, 0.5) is 0 Å². The fraction of sp³-hybridized carbons (Fsp3) is 0.778. The first kappa shape index (κ1) is 7.80. The minimum absolute atomic E-state index is 0.355. The summed E-state index contributed by atoms with van der Waals surface area (Å²) in [6.07, 6.45) is 5.86. The van der Waals surface area contributed by atoms with E-state index in [4.69, 9.17) is 5.73 Å². The van der Waals surface area contributed by atoms with Crippen LogP contribution in [0, 0.1) is 5.92 Å². The fourth-order valence-corrected chi connectivity index (χ4v) is 1.59. The lowest BCUT2D eigenvalue weighted by molar-refractivity contribution is 0.465. The molecule has 2 unspecified atom stereocenters. The van der Waals surface area contributed by atoms with E-state index >= 15 is 0 Å². The van der Waals surface area contributed by atoms with Crippen molar-refractivity contribution >= 4 is 0 Å². The van der Waals surface area contributed by atoms with Crippen LogP contribution in [0.25, 0.3) is 0 Å². The summed E-state index contributed by atoms with van der Waals surface area (Å²) in [7, 11) is 0. The average molecular weight is 139 g/mol. The molecule has 10 heavy (non-hydrogen) atoms. The largest absolute Gasteiger partial charge is 0.324 e. The molecule has 2 atom stereocenters. The van der Waals surface area contributed by atoms with Crippen molar-refractivity contribution in [3.63, 3.8) is 0 Å². The highest BCUT2D eigenvalue weighted by molar-refractivity contribution is 5.13. The lowest BCUT2D eigenvalue weighted by atomic mass is 9.86. The van der Waals surface area contributed by atoms with Gasteiger partial charge in [0.25, 0.3) is 0 Å². The monoisotopic (exact) mass is 139 g/mol. The van der Waals surface area contributed by atoms with Crippen LogP contribution in [-0.4, -0.2) is 6.04 Å². The summed E-state index contributed by atoms with van der Waals surface area (Å²) in [4.78, 5) is 0. The van der Waals surface area contributed by atoms with Crippen LogP contribution >= 0.6 is 0 Å². The van der Waals surface area contributed by atoms with Crippen LogP contribution in [0.1, 0.15) is 33.1 Å². The Labute approximate surface area is 63.3 Å². The van der Waals surface area contributed by atoms with Gasteiger partial charge in [-0.2, -0.15) is 0 Å². The lowest BCUT2D eigenvalue weighted by Crippen LogP contribution is -2.27. The summed E-state index contributed by atoms with van der Waals surface area (Å²) >= 11 is 0. The van der Waals surface area contributed by atoms with Crippen molar-refractivity contribution in [1.82, 2.24) is 0 Å². The third-order valence-corrected chi connectivity index (χ3v) is 2.32. The summed E-state index contributed by atoms with van der Waals surface area (Å²) in [6, 6.07) is 0.355. The molecule has 0 saturated carbocycles. The molecule has 0 bridgehead atoms. The minimum Gasteiger partial charge on any atom is -0.324 e. The Kier molecular flexibility index (Phi) is 2.50. The van der Waals surface area contributed by atoms with E-state index in [1.165, 1.54) is 18.4 Å². The van der Waals surface area contributed by atoms with E-state index < -0.39 is 0 Å². The molecule has 0 amide bonds. The lowest BCUT2D eigenvalue weighted by Gasteiger charge is -2.24. The second kappa shape index (κ2) is 3.20. The number of hydrogen-bond donors (Lipinski definition) is 1. The predicted molar refractivity (Wildman–Crippen MR) is 44.7 cm³/mol. The van der Waals surface area contributed by atoms with Crippen molar-refractivity contribution in [2.24, 2.45) is 11.7 Å². The summed E-state index contributed by atoms with van der Waals surface area (Å²) in [6.45, 7) is 4.45. The maximum Gasteiger partial charge on any atom is 0.0256 e. The Morgan fingerprint density at radius 3 is 2.90 bits per heavy atom. The van der Waals surface area contributed by atoms with Crippen molar-refractivity contribution in [3.05, 3.63) is 11.6 Å². The van der Waals surface area contributed by atoms with E-state index in [1.807, 2.05) is 0 Å². The van der Waals surface area contributed by atoms with E-state index in [0.29, 0.717) is 6.04 Å². The van der Waals surface area contributed by atoms with Gasteiger partial charge in [0, 0.05) is 6.04 Å². The molecule has 1 nitrogen and oxygen atoms in total. The van der Waals surface area contributed by atoms with Crippen LogP contribution in [-0.2, 0) is 0 Å². The normalized spacial score (nSPS) is 33.7. The van der Waals surface area contributed by atoms with Crippen LogP contribution in [0.5, 0.6) is 0 Å². The third kappa shape index (κ3) is 1.60. The van der Waals surface area contributed by atoms with Crippen LogP contribution in [0.15, 0.2) is 11.6 Å². The second-order valence-electron chi connectivity index (χ2n) is 3.32. The van der Waals surface area contributed by atoms with Crippen molar-refractivity contribution in [3.8, 4) is 0 Å². The van der Waals surface area contributed by atoms with Crippen LogP contribution in [0.3, 0.4) is 0 Å². The number of hydrogen-bond acceptors (Lipinski definition) is 1. The van der Waals surface area contributed by atoms with Crippen molar-refractivity contribution in [2.45, 2.75) is 39.2 Å². The summed E-state index contributed by atoms with van der Waals surface area (Å²) in [5, 5.41) is 0. The average Bonchev–Trinajstić information content (AvgIpc) is 1.88. The molecule has 0 fully saturated rings. The number of rotatable bonds is 1. The van der Waals surface area contributed by atoms with E-state index in [9.17, 15) is 0 Å². The molecular weight excluding hydrogens is 122 g/mol. The first-order valence-electron chi connectivity index (χ1n) is 4.18. The first-order valence-corrected chi connectivity index (χ1v) is 4.18. The number of nitrogens with two attached hydrogens (primary N) is 1. The highest BCUT2D eigenvalue weighted by Gasteiger charge is 2.16. The Hall–Kier alpha value is -0.300. The topological polar surface area (TPSA) is 26.0 Å². The van der Waals surface area contributed by atoms with Gasteiger partial charge in [0.15, 0.2) is 0 Å². The molecule has 0 spiro atoms. The smallest absolute Gasteiger partial charge is 0.0256 e. The Bertz CT molecular complexity index is 138. The zero-order valence-electron chi connectivity index (χ0n) is 6.93. The third-order valence-electron chi connectivity index (χ3n) is 2.32. The van der Waals surface area contributed by atoms with Crippen molar-refractivity contribution in [2.75, 3.05) is 0 Å². The van der Waals surface area contributed by atoms with Gasteiger partial charge in [-0.1, -0.05) is 25.5 Å². The first-order chi connectivity index (χ1) is 4.74. The molecule has 0 aliphatic heterocycles. The molecule has 0 saturated heterocycles. The van der Waals surface area contributed by atoms with Gasteiger partial charge in [0.1, 0.15) is 0 Å². The molecule has 1 heteroatoms. The molecule has 58 valence electrons. The fourth-order valence-electron chi connectivity index (χ4n) is 1.59. The zero-order valence-corrected chi connectivity index (χ0v) is 6.93.